The normalized spacial score (nSPS) is 24.8. The molecule has 98 valence electrons. The van der Waals surface area contributed by atoms with Gasteiger partial charge in [0.15, 0.2) is 0 Å². The fourth-order valence-electron chi connectivity index (χ4n) is 2.04. The molecule has 1 aromatic carbocycles. The van der Waals surface area contributed by atoms with Crippen LogP contribution in [0.15, 0.2) is 30.3 Å². The van der Waals surface area contributed by atoms with E-state index in [1.54, 1.807) is 0 Å². The van der Waals surface area contributed by atoms with Gasteiger partial charge in [0.2, 0.25) is 5.91 Å². The van der Waals surface area contributed by atoms with Gasteiger partial charge in [0.05, 0.1) is 31.8 Å². The third kappa shape index (κ3) is 2.87. The van der Waals surface area contributed by atoms with Crippen LogP contribution >= 0.6 is 0 Å². The Hall–Kier alpha value is -1.43. The predicted octanol–water partition coefficient (Wildman–Crippen LogP) is -0.190. The fourth-order valence-corrected chi connectivity index (χ4v) is 2.04. The monoisotopic (exact) mass is 250 g/mol. The maximum atomic E-state index is 12.0. The highest BCUT2D eigenvalue weighted by Gasteiger charge is 2.32. The number of nitrogens with one attached hydrogen (secondary N) is 1. The zero-order chi connectivity index (χ0) is 13.0. The number of nitrogens with two attached hydrogens (primary N) is 1. The van der Waals surface area contributed by atoms with Crippen molar-refractivity contribution in [1.29, 1.82) is 0 Å². The Morgan fingerprint density at radius 2 is 2.17 bits per heavy atom. The topological polar surface area (TPSA) is 84.6 Å². The molecule has 0 aliphatic carbocycles. The number of hydrogen-bond acceptors (Lipinski definition) is 4. The van der Waals surface area contributed by atoms with Gasteiger partial charge >= 0.3 is 0 Å². The number of carbonyl (C=O) groups is 1. The van der Waals surface area contributed by atoms with Crippen LogP contribution in [0.5, 0.6) is 0 Å². The Labute approximate surface area is 106 Å². The molecule has 1 aromatic rings. The number of hydrogen-bond donors (Lipinski definition) is 3. The summed E-state index contributed by atoms with van der Waals surface area (Å²) < 4.78 is 5.16. The van der Waals surface area contributed by atoms with Gasteiger partial charge in [-0.05, 0) is 5.56 Å². The SMILES string of the molecule is NC1COCC1C(=O)N[C@H](CO)c1ccccc1. The van der Waals surface area contributed by atoms with E-state index in [1.165, 1.54) is 0 Å². The summed E-state index contributed by atoms with van der Waals surface area (Å²) in [6.07, 6.45) is 0. The minimum absolute atomic E-state index is 0.140. The summed E-state index contributed by atoms with van der Waals surface area (Å²) in [5.74, 6) is -0.495. The molecular formula is C13H18N2O3. The number of carbonyl (C=O) groups excluding carboxylic acids is 1. The van der Waals surface area contributed by atoms with Crippen molar-refractivity contribution in [1.82, 2.24) is 5.32 Å². The van der Waals surface area contributed by atoms with Gasteiger partial charge in [0.1, 0.15) is 0 Å². The molecule has 1 aliphatic heterocycles. The van der Waals surface area contributed by atoms with E-state index in [-0.39, 0.29) is 24.5 Å². The van der Waals surface area contributed by atoms with Crippen LogP contribution in [0.2, 0.25) is 0 Å². The Bertz CT molecular complexity index is 396. The Kier molecular flexibility index (Phi) is 4.30. The average molecular weight is 250 g/mol. The molecule has 1 fully saturated rings. The van der Waals surface area contributed by atoms with Crippen LogP contribution in [0.1, 0.15) is 11.6 Å². The summed E-state index contributed by atoms with van der Waals surface area (Å²) in [7, 11) is 0. The van der Waals surface area contributed by atoms with Crippen LogP contribution in [0, 0.1) is 5.92 Å². The van der Waals surface area contributed by atoms with E-state index in [0.717, 1.165) is 5.56 Å². The molecule has 4 N–H and O–H groups in total. The van der Waals surface area contributed by atoms with Crippen molar-refractivity contribution in [2.75, 3.05) is 19.8 Å². The lowest BCUT2D eigenvalue weighted by atomic mass is 10.0. The third-order valence-corrected chi connectivity index (χ3v) is 3.16. The first-order valence-electron chi connectivity index (χ1n) is 6.02. The molecule has 3 atom stereocenters. The molecule has 18 heavy (non-hydrogen) atoms. The summed E-state index contributed by atoms with van der Waals surface area (Å²) in [5.41, 5.74) is 6.66. The number of rotatable bonds is 4. The van der Waals surface area contributed by atoms with Gasteiger partial charge in [-0.25, -0.2) is 0 Å². The molecule has 1 amide bonds. The van der Waals surface area contributed by atoms with Crippen LogP contribution in [0.25, 0.3) is 0 Å². The quantitative estimate of drug-likeness (QED) is 0.691. The Morgan fingerprint density at radius 3 is 2.72 bits per heavy atom. The van der Waals surface area contributed by atoms with Crippen molar-refractivity contribution >= 4 is 5.91 Å². The summed E-state index contributed by atoms with van der Waals surface area (Å²) in [6.45, 7) is 0.617. The first kappa shape index (κ1) is 13.0. The second-order valence-electron chi connectivity index (χ2n) is 4.46. The van der Waals surface area contributed by atoms with Crippen molar-refractivity contribution < 1.29 is 14.6 Å². The van der Waals surface area contributed by atoms with Crippen molar-refractivity contribution in [2.24, 2.45) is 11.7 Å². The van der Waals surface area contributed by atoms with Gasteiger partial charge in [-0.3, -0.25) is 4.79 Å². The van der Waals surface area contributed by atoms with Gasteiger partial charge < -0.3 is 20.9 Å². The average Bonchev–Trinajstić information content (AvgIpc) is 2.83. The first-order chi connectivity index (χ1) is 8.72. The molecule has 2 rings (SSSR count). The molecule has 2 unspecified atom stereocenters. The number of aliphatic hydroxyl groups is 1. The second-order valence-corrected chi connectivity index (χ2v) is 4.46. The second kappa shape index (κ2) is 5.95. The number of benzene rings is 1. The highest BCUT2D eigenvalue weighted by molar-refractivity contribution is 5.80. The zero-order valence-corrected chi connectivity index (χ0v) is 10.1. The lowest BCUT2D eigenvalue weighted by molar-refractivity contribution is -0.126. The molecule has 5 nitrogen and oxygen atoms in total. The minimum Gasteiger partial charge on any atom is -0.394 e. The zero-order valence-electron chi connectivity index (χ0n) is 10.1. The summed E-state index contributed by atoms with van der Waals surface area (Å²) in [6, 6.07) is 8.70. The molecule has 1 aliphatic rings. The maximum Gasteiger partial charge on any atom is 0.227 e. The van der Waals surface area contributed by atoms with Crippen LogP contribution < -0.4 is 11.1 Å². The highest BCUT2D eigenvalue weighted by atomic mass is 16.5. The van der Waals surface area contributed by atoms with E-state index in [0.29, 0.717) is 13.2 Å². The van der Waals surface area contributed by atoms with E-state index in [2.05, 4.69) is 5.32 Å². The molecular weight excluding hydrogens is 232 g/mol. The molecule has 1 saturated heterocycles. The van der Waals surface area contributed by atoms with Crippen molar-refractivity contribution in [3.63, 3.8) is 0 Å². The van der Waals surface area contributed by atoms with E-state index >= 15 is 0 Å². The van der Waals surface area contributed by atoms with Crippen LogP contribution in [0.4, 0.5) is 0 Å². The van der Waals surface area contributed by atoms with Crippen molar-refractivity contribution in [3.8, 4) is 0 Å². The maximum absolute atomic E-state index is 12.0. The van der Waals surface area contributed by atoms with Crippen LogP contribution in [0.3, 0.4) is 0 Å². The standard InChI is InChI=1S/C13H18N2O3/c14-11-8-18-7-10(11)13(17)15-12(6-16)9-4-2-1-3-5-9/h1-5,10-12,16H,6-8,14H2,(H,15,17)/t10?,11?,12-/m1/s1. The van der Waals surface area contributed by atoms with Crippen LogP contribution in [-0.2, 0) is 9.53 Å². The smallest absolute Gasteiger partial charge is 0.227 e. The molecule has 5 heteroatoms. The van der Waals surface area contributed by atoms with E-state index in [4.69, 9.17) is 10.5 Å². The summed E-state index contributed by atoms with van der Waals surface area (Å²) in [4.78, 5) is 12.0. The largest absolute Gasteiger partial charge is 0.394 e. The van der Waals surface area contributed by atoms with E-state index in [9.17, 15) is 9.90 Å². The van der Waals surface area contributed by atoms with Crippen molar-refractivity contribution in [3.05, 3.63) is 35.9 Å². The predicted molar refractivity (Wildman–Crippen MR) is 66.7 cm³/mol. The lowest BCUT2D eigenvalue weighted by Crippen LogP contribution is -2.43. The van der Waals surface area contributed by atoms with Gasteiger partial charge in [-0.2, -0.15) is 0 Å². The third-order valence-electron chi connectivity index (χ3n) is 3.16. The van der Waals surface area contributed by atoms with E-state index in [1.807, 2.05) is 30.3 Å². The fraction of sp³-hybridized carbons (Fsp3) is 0.462. The molecule has 0 aromatic heterocycles. The molecule has 0 radical (unpaired) electrons. The summed E-state index contributed by atoms with van der Waals surface area (Å²) >= 11 is 0. The number of aliphatic hydroxyl groups excluding tert-OH is 1. The van der Waals surface area contributed by atoms with Crippen molar-refractivity contribution in [2.45, 2.75) is 12.1 Å². The molecule has 1 heterocycles. The summed E-state index contributed by atoms with van der Waals surface area (Å²) in [5, 5.41) is 12.2. The lowest BCUT2D eigenvalue weighted by Gasteiger charge is -2.20. The van der Waals surface area contributed by atoms with Gasteiger partial charge in [-0.1, -0.05) is 30.3 Å². The van der Waals surface area contributed by atoms with Crippen LogP contribution in [-0.4, -0.2) is 36.9 Å². The Morgan fingerprint density at radius 1 is 1.44 bits per heavy atom. The molecule has 0 bridgehead atoms. The highest BCUT2D eigenvalue weighted by Crippen LogP contribution is 2.16. The number of ether oxygens (including phenoxy) is 1. The van der Waals surface area contributed by atoms with Gasteiger partial charge in [0, 0.05) is 6.04 Å². The Balaban J connectivity index is 2.00. The number of amides is 1. The first-order valence-corrected chi connectivity index (χ1v) is 6.02. The van der Waals surface area contributed by atoms with Gasteiger partial charge in [0.25, 0.3) is 0 Å². The van der Waals surface area contributed by atoms with Gasteiger partial charge in [-0.15, -0.1) is 0 Å². The van der Waals surface area contributed by atoms with E-state index < -0.39 is 6.04 Å². The molecule has 0 saturated carbocycles. The minimum atomic E-state index is -0.397. The molecule has 0 spiro atoms.